The molecule has 0 spiro atoms. The number of imidazole rings is 1. The van der Waals surface area contributed by atoms with Crippen LogP contribution in [0.15, 0.2) is 45.7 Å². The largest absolute Gasteiger partial charge is 0.493 e. The second-order valence-electron chi connectivity index (χ2n) is 7.75. The van der Waals surface area contributed by atoms with Gasteiger partial charge in [0.25, 0.3) is 5.91 Å². The van der Waals surface area contributed by atoms with E-state index in [9.17, 15) is 20.0 Å². The van der Waals surface area contributed by atoms with E-state index in [2.05, 4.69) is 15.9 Å². The quantitative estimate of drug-likeness (QED) is 0.575. The fourth-order valence-electron chi connectivity index (χ4n) is 4.68. The van der Waals surface area contributed by atoms with Crippen LogP contribution >= 0.6 is 27.5 Å². The number of carbonyl (C=O) groups is 1. The molecule has 0 aliphatic carbocycles. The number of benzene rings is 2. The van der Waals surface area contributed by atoms with Crippen LogP contribution in [0, 0.1) is 18.3 Å². The summed E-state index contributed by atoms with van der Waals surface area (Å²) in [5, 5.41) is 20.5. The van der Waals surface area contributed by atoms with Gasteiger partial charge in [-0.3, -0.25) is 9.36 Å². The Labute approximate surface area is 190 Å². The van der Waals surface area contributed by atoms with E-state index in [0.29, 0.717) is 41.0 Å². The fourth-order valence-corrected chi connectivity index (χ4v) is 5.28. The van der Waals surface area contributed by atoms with Crippen molar-refractivity contribution in [3.63, 3.8) is 0 Å². The molecule has 2 unspecified atom stereocenters. The van der Waals surface area contributed by atoms with E-state index in [1.165, 1.54) is 10.6 Å². The molecule has 1 amide bonds. The summed E-state index contributed by atoms with van der Waals surface area (Å²) in [5.74, 6) is -0.342. The van der Waals surface area contributed by atoms with Gasteiger partial charge in [0.2, 0.25) is 5.88 Å². The third-order valence-corrected chi connectivity index (χ3v) is 7.09. The normalized spacial score (nSPS) is 18.8. The smallest absolute Gasteiger partial charge is 0.336 e. The van der Waals surface area contributed by atoms with Gasteiger partial charge in [-0.1, -0.05) is 33.6 Å². The molecule has 2 atom stereocenters. The van der Waals surface area contributed by atoms with Crippen LogP contribution in [-0.4, -0.2) is 31.6 Å². The van der Waals surface area contributed by atoms with Gasteiger partial charge in [0.05, 0.1) is 28.4 Å². The maximum atomic E-state index is 13.2. The summed E-state index contributed by atoms with van der Waals surface area (Å²) in [6.45, 7) is 2.10. The Bertz CT molecular complexity index is 1370. The average molecular weight is 500 g/mol. The highest BCUT2D eigenvalue weighted by Crippen LogP contribution is 2.49. The Morgan fingerprint density at radius 2 is 2.10 bits per heavy atom. The van der Waals surface area contributed by atoms with E-state index < -0.39 is 0 Å². The molecular weight excluding hydrogens is 484 g/mol. The van der Waals surface area contributed by atoms with Crippen molar-refractivity contribution in [1.82, 2.24) is 14.0 Å². The summed E-state index contributed by atoms with van der Waals surface area (Å²) < 4.78 is 3.60. The van der Waals surface area contributed by atoms with Crippen LogP contribution in [0.4, 0.5) is 0 Å². The van der Waals surface area contributed by atoms with Crippen molar-refractivity contribution in [3.8, 4) is 17.6 Å². The molecule has 3 aromatic rings. The number of nitriles is 1. The Morgan fingerprint density at radius 3 is 2.81 bits per heavy atom. The second-order valence-corrected chi connectivity index (χ2v) is 9.05. The Kier molecular flexibility index (Phi) is 4.50. The molecule has 2 aromatic carbocycles. The molecule has 1 aromatic heterocycles. The predicted octanol–water partition coefficient (Wildman–Crippen LogP) is 4.08. The first-order valence-corrected chi connectivity index (χ1v) is 10.8. The first kappa shape index (κ1) is 19.9. The number of amides is 1. The molecule has 1 fully saturated rings. The molecule has 7 nitrogen and oxygen atoms in total. The summed E-state index contributed by atoms with van der Waals surface area (Å²) in [7, 11) is 0. The minimum atomic E-state index is -0.389. The van der Waals surface area contributed by atoms with Crippen molar-refractivity contribution in [1.29, 1.82) is 5.26 Å². The van der Waals surface area contributed by atoms with Crippen LogP contribution in [0.3, 0.4) is 0 Å². The number of fused-ring (bicyclic) bond motifs is 5. The highest BCUT2D eigenvalue weighted by Gasteiger charge is 2.49. The minimum absolute atomic E-state index is 0.141. The monoisotopic (exact) mass is 498 g/mol. The third-order valence-electron chi connectivity index (χ3n) is 6.11. The average Bonchev–Trinajstić information content (AvgIpc) is 3.41. The van der Waals surface area contributed by atoms with Crippen molar-refractivity contribution >= 4 is 33.4 Å². The number of hydrogen-bond acceptors (Lipinski definition) is 4. The number of rotatable bonds is 2. The molecule has 0 saturated carbocycles. The topological polar surface area (TPSA) is 91.3 Å². The molecular formula is C22H16BrClN4O3. The molecule has 5 rings (SSSR count). The zero-order valence-corrected chi connectivity index (χ0v) is 18.7. The van der Waals surface area contributed by atoms with Crippen LogP contribution in [0.25, 0.3) is 5.69 Å². The lowest BCUT2D eigenvalue weighted by Gasteiger charge is -2.27. The summed E-state index contributed by atoms with van der Waals surface area (Å²) in [5.41, 5.74) is 1.84. The van der Waals surface area contributed by atoms with Gasteiger partial charge in [0, 0.05) is 16.6 Å². The van der Waals surface area contributed by atoms with Gasteiger partial charge >= 0.3 is 5.69 Å². The molecule has 1 saturated heterocycles. The Hall–Kier alpha value is -3.02. The summed E-state index contributed by atoms with van der Waals surface area (Å²) in [6.07, 6.45) is 0.589. The first-order chi connectivity index (χ1) is 14.8. The van der Waals surface area contributed by atoms with Gasteiger partial charge < -0.3 is 10.0 Å². The van der Waals surface area contributed by atoms with Crippen LogP contribution in [0.2, 0.25) is 5.02 Å². The number of aromatic hydroxyl groups is 1. The lowest BCUT2D eigenvalue weighted by atomic mass is 10.1. The molecule has 2 bridgehead atoms. The number of aromatic nitrogens is 2. The zero-order chi connectivity index (χ0) is 22.0. The molecule has 156 valence electrons. The van der Waals surface area contributed by atoms with Crippen molar-refractivity contribution in [2.45, 2.75) is 25.4 Å². The SMILES string of the molecule is Cc1c(-n2c(O)c3n(c2=O)C2CC3N(C(=O)c3cccc(Br)c3)C2)ccc(C#N)c1Cl. The molecule has 0 radical (unpaired) electrons. The Morgan fingerprint density at radius 1 is 1.32 bits per heavy atom. The van der Waals surface area contributed by atoms with E-state index in [1.807, 2.05) is 12.1 Å². The third kappa shape index (κ3) is 2.77. The molecule has 9 heteroatoms. The highest BCUT2D eigenvalue weighted by molar-refractivity contribution is 9.10. The van der Waals surface area contributed by atoms with Crippen molar-refractivity contribution in [2.24, 2.45) is 0 Å². The van der Waals surface area contributed by atoms with Gasteiger partial charge in [0.15, 0.2) is 0 Å². The lowest BCUT2D eigenvalue weighted by molar-refractivity contribution is 0.0711. The minimum Gasteiger partial charge on any atom is -0.493 e. The van der Waals surface area contributed by atoms with Crippen LogP contribution in [-0.2, 0) is 0 Å². The van der Waals surface area contributed by atoms with E-state index >= 15 is 0 Å². The van der Waals surface area contributed by atoms with Crippen molar-refractivity contribution in [2.75, 3.05) is 6.54 Å². The van der Waals surface area contributed by atoms with Gasteiger partial charge in [-0.05, 0) is 49.2 Å². The van der Waals surface area contributed by atoms with E-state index in [1.54, 1.807) is 40.7 Å². The van der Waals surface area contributed by atoms with Gasteiger partial charge in [-0.2, -0.15) is 5.26 Å². The number of halogens is 2. The van der Waals surface area contributed by atoms with Crippen LogP contribution in [0.1, 0.15) is 45.7 Å². The highest BCUT2D eigenvalue weighted by atomic mass is 79.9. The van der Waals surface area contributed by atoms with Crippen LogP contribution in [0.5, 0.6) is 5.88 Å². The molecule has 2 aliphatic heterocycles. The summed E-state index contributed by atoms with van der Waals surface area (Å²) in [4.78, 5) is 28.1. The van der Waals surface area contributed by atoms with Crippen molar-refractivity contribution in [3.05, 3.63) is 78.8 Å². The molecule has 3 heterocycles. The maximum absolute atomic E-state index is 13.2. The first-order valence-electron chi connectivity index (χ1n) is 9.65. The van der Waals surface area contributed by atoms with Crippen molar-refractivity contribution < 1.29 is 9.90 Å². The number of likely N-dealkylation sites (tertiary alicyclic amines) is 1. The molecule has 2 aliphatic rings. The molecule has 31 heavy (non-hydrogen) atoms. The Balaban J connectivity index is 1.60. The number of nitrogens with zero attached hydrogens (tertiary/aromatic N) is 4. The second kappa shape index (κ2) is 7.01. The van der Waals surface area contributed by atoms with E-state index in [0.717, 1.165) is 4.47 Å². The zero-order valence-electron chi connectivity index (χ0n) is 16.3. The standard InChI is InChI=1S/C22H16BrClN4O3/c1-11-16(6-5-13(9-25)18(11)24)28-21(30)19-17-8-15(27(19)22(28)31)10-26(17)20(29)12-3-2-4-14(23)7-12/h2-7,15,17,30H,8,10H2,1H3. The fraction of sp³-hybridized carbons (Fsp3) is 0.227. The number of carbonyl (C=O) groups excluding carboxylic acids is 1. The predicted molar refractivity (Wildman–Crippen MR) is 118 cm³/mol. The maximum Gasteiger partial charge on any atom is 0.336 e. The van der Waals surface area contributed by atoms with Gasteiger partial charge in [0.1, 0.15) is 11.8 Å². The van der Waals surface area contributed by atoms with Gasteiger partial charge in [-0.15, -0.1) is 0 Å². The molecule has 1 N–H and O–H groups in total. The van der Waals surface area contributed by atoms with Gasteiger partial charge in [-0.25, -0.2) is 9.36 Å². The van der Waals surface area contributed by atoms with E-state index in [-0.39, 0.29) is 34.6 Å². The summed E-state index contributed by atoms with van der Waals surface area (Å²) >= 11 is 9.67. The van der Waals surface area contributed by atoms with Crippen LogP contribution < -0.4 is 5.69 Å². The summed E-state index contributed by atoms with van der Waals surface area (Å²) in [6, 6.07) is 11.7. The van der Waals surface area contributed by atoms with E-state index in [4.69, 9.17) is 11.6 Å². The number of hydrogen-bond donors (Lipinski definition) is 1. The lowest BCUT2D eigenvalue weighted by Crippen LogP contribution is -2.37.